The molecule has 0 bridgehead atoms. The largest absolute Gasteiger partial charge is 0.480 e. The highest BCUT2D eigenvalue weighted by Crippen LogP contribution is 2.29. The van der Waals surface area contributed by atoms with Gasteiger partial charge in [0.25, 0.3) is 0 Å². The average Bonchev–Trinajstić information content (AvgIpc) is 2.75. The van der Waals surface area contributed by atoms with Gasteiger partial charge < -0.3 is 15.7 Å². The molecular formula is C22H22F3N5O4S. The van der Waals surface area contributed by atoms with Crippen LogP contribution in [0.1, 0.15) is 17.7 Å². The van der Waals surface area contributed by atoms with E-state index in [4.69, 9.17) is 0 Å². The quantitative estimate of drug-likeness (QED) is 0.392. The Morgan fingerprint density at radius 2 is 1.86 bits per heavy atom. The van der Waals surface area contributed by atoms with E-state index < -0.39 is 33.7 Å². The first-order valence-electron chi connectivity index (χ1n) is 10.2. The van der Waals surface area contributed by atoms with E-state index in [0.29, 0.717) is 16.8 Å². The number of nitrogens with one attached hydrogen (secondary N) is 2. The molecule has 0 unspecified atom stereocenters. The second-order valence-electron chi connectivity index (χ2n) is 7.86. The van der Waals surface area contributed by atoms with Gasteiger partial charge in [0.05, 0.1) is 5.75 Å². The summed E-state index contributed by atoms with van der Waals surface area (Å²) in [6, 6.07) is 8.13. The molecule has 35 heavy (non-hydrogen) atoms. The molecule has 0 aliphatic carbocycles. The lowest BCUT2D eigenvalue weighted by Crippen LogP contribution is -2.31. The molecule has 0 fully saturated rings. The molecule has 0 saturated heterocycles. The number of benzene rings is 1. The number of carbonyl (C=O) groups is 1. The van der Waals surface area contributed by atoms with Gasteiger partial charge in [-0.2, -0.15) is 13.2 Å². The van der Waals surface area contributed by atoms with Crippen LogP contribution in [0.3, 0.4) is 0 Å². The smallest absolute Gasteiger partial charge is 0.433 e. The molecule has 0 aliphatic heterocycles. The van der Waals surface area contributed by atoms with Gasteiger partial charge in [-0.3, -0.25) is 0 Å². The van der Waals surface area contributed by atoms with Crippen molar-refractivity contribution in [3.63, 3.8) is 0 Å². The molecular weight excluding hydrogens is 487 g/mol. The van der Waals surface area contributed by atoms with Gasteiger partial charge in [-0.25, -0.2) is 28.2 Å². The summed E-state index contributed by atoms with van der Waals surface area (Å²) in [5.41, 5.74) is 1.58. The molecule has 0 amide bonds. The maximum absolute atomic E-state index is 12.9. The lowest BCUT2D eigenvalue weighted by Gasteiger charge is -2.15. The number of anilines is 3. The molecule has 186 valence electrons. The first kappa shape index (κ1) is 25.9. The summed E-state index contributed by atoms with van der Waals surface area (Å²) in [7, 11) is -3.32. The number of aryl methyl sites for hydroxylation is 1. The molecule has 0 spiro atoms. The van der Waals surface area contributed by atoms with E-state index in [-0.39, 0.29) is 23.9 Å². The van der Waals surface area contributed by atoms with E-state index in [1.165, 1.54) is 6.20 Å². The van der Waals surface area contributed by atoms with Crippen LogP contribution in [0.4, 0.5) is 30.6 Å². The molecule has 13 heteroatoms. The highest BCUT2D eigenvalue weighted by molar-refractivity contribution is 7.90. The van der Waals surface area contributed by atoms with Gasteiger partial charge in [0.1, 0.15) is 27.4 Å². The summed E-state index contributed by atoms with van der Waals surface area (Å²) >= 11 is 0. The summed E-state index contributed by atoms with van der Waals surface area (Å²) in [5, 5.41) is 14.8. The van der Waals surface area contributed by atoms with E-state index >= 15 is 0 Å². The molecule has 1 atom stereocenters. The molecule has 9 nitrogen and oxygen atoms in total. The van der Waals surface area contributed by atoms with Crippen molar-refractivity contribution in [2.45, 2.75) is 25.6 Å². The SMILES string of the molecule is Cc1cc(Nc2nccc(C(F)(F)F)n2)cc(-c2ccc(N[C@@H](CCS(C)(=O)=O)C(=O)O)nc2)c1. The van der Waals surface area contributed by atoms with Crippen LogP contribution in [0.25, 0.3) is 11.1 Å². The highest BCUT2D eigenvalue weighted by Gasteiger charge is 2.32. The summed E-state index contributed by atoms with van der Waals surface area (Å²) in [5.74, 6) is -1.45. The van der Waals surface area contributed by atoms with Gasteiger partial charge >= 0.3 is 12.1 Å². The van der Waals surface area contributed by atoms with E-state index in [1.807, 2.05) is 13.0 Å². The Kier molecular flexibility index (Phi) is 7.58. The van der Waals surface area contributed by atoms with Crippen LogP contribution in [-0.2, 0) is 20.8 Å². The number of sulfone groups is 1. The standard InChI is InChI=1S/C22H22F3N5O4S/c1-13-9-15(11-16(10-13)28-21-26-7-5-18(30-21)22(23,24)25)14-3-4-19(27-12-14)29-17(20(31)32)6-8-35(2,33)34/h3-5,7,9-12,17H,6,8H2,1-2H3,(H,27,29)(H,31,32)(H,26,28,30)/t17-/m0/s1. The van der Waals surface area contributed by atoms with E-state index in [2.05, 4.69) is 25.6 Å². The minimum absolute atomic E-state index is 0.123. The van der Waals surface area contributed by atoms with Crippen LogP contribution in [0.5, 0.6) is 0 Å². The van der Waals surface area contributed by atoms with Crippen molar-refractivity contribution < 1.29 is 31.5 Å². The third-order valence-electron chi connectivity index (χ3n) is 4.77. The minimum Gasteiger partial charge on any atom is -0.480 e. The number of hydrogen-bond donors (Lipinski definition) is 3. The van der Waals surface area contributed by atoms with Crippen LogP contribution in [-0.4, -0.2) is 52.5 Å². The van der Waals surface area contributed by atoms with Crippen molar-refractivity contribution in [1.29, 1.82) is 0 Å². The molecule has 3 aromatic rings. The molecule has 3 N–H and O–H groups in total. The first-order chi connectivity index (χ1) is 16.3. The lowest BCUT2D eigenvalue weighted by atomic mass is 10.0. The van der Waals surface area contributed by atoms with Gasteiger partial charge in [0.2, 0.25) is 5.95 Å². The van der Waals surface area contributed by atoms with E-state index in [9.17, 15) is 31.5 Å². The maximum atomic E-state index is 12.9. The van der Waals surface area contributed by atoms with Crippen molar-refractivity contribution >= 4 is 33.3 Å². The Hall–Kier alpha value is -3.74. The zero-order valence-electron chi connectivity index (χ0n) is 18.7. The second kappa shape index (κ2) is 10.3. The van der Waals surface area contributed by atoms with Gasteiger partial charge in [-0.15, -0.1) is 0 Å². The zero-order valence-corrected chi connectivity index (χ0v) is 19.5. The van der Waals surface area contributed by atoms with Crippen LogP contribution in [0.15, 0.2) is 48.8 Å². The molecule has 2 heterocycles. The third-order valence-corrected chi connectivity index (χ3v) is 5.75. The van der Waals surface area contributed by atoms with Gasteiger partial charge in [-0.05, 0) is 54.8 Å². The monoisotopic (exact) mass is 509 g/mol. The van der Waals surface area contributed by atoms with Crippen molar-refractivity contribution in [2.75, 3.05) is 22.6 Å². The van der Waals surface area contributed by atoms with Crippen molar-refractivity contribution in [3.8, 4) is 11.1 Å². The highest BCUT2D eigenvalue weighted by atomic mass is 32.2. The fourth-order valence-electron chi connectivity index (χ4n) is 3.15. The van der Waals surface area contributed by atoms with Crippen molar-refractivity contribution in [2.24, 2.45) is 0 Å². The Morgan fingerprint density at radius 1 is 1.11 bits per heavy atom. The number of alkyl halides is 3. The number of pyridine rings is 1. The number of aromatic nitrogens is 3. The predicted molar refractivity (Wildman–Crippen MR) is 124 cm³/mol. The fraction of sp³-hybridized carbons (Fsp3) is 0.273. The lowest BCUT2D eigenvalue weighted by molar-refractivity contribution is -0.141. The molecule has 0 aliphatic rings. The van der Waals surface area contributed by atoms with Gasteiger partial charge in [0, 0.05) is 29.9 Å². The van der Waals surface area contributed by atoms with Crippen LogP contribution in [0.2, 0.25) is 0 Å². The number of hydrogen-bond acceptors (Lipinski definition) is 8. The minimum atomic E-state index is -4.59. The number of halogens is 3. The second-order valence-corrected chi connectivity index (χ2v) is 10.1. The van der Waals surface area contributed by atoms with Gasteiger partial charge in [-0.1, -0.05) is 6.07 Å². The zero-order chi connectivity index (χ0) is 25.8. The average molecular weight is 510 g/mol. The van der Waals surface area contributed by atoms with Crippen molar-refractivity contribution in [1.82, 2.24) is 15.0 Å². The Bertz CT molecular complexity index is 1320. The fourth-order valence-corrected chi connectivity index (χ4v) is 3.81. The number of rotatable bonds is 9. The van der Waals surface area contributed by atoms with Crippen LogP contribution in [0, 0.1) is 6.92 Å². The summed E-state index contributed by atoms with van der Waals surface area (Å²) in [6.45, 7) is 1.81. The Labute approximate surface area is 199 Å². The summed E-state index contributed by atoms with van der Waals surface area (Å²) in [6.07, 6.45) is -1.17. The first-order valence-corrected chi connectivity index (χ1v) is 12.3. The van der Waals surface area contributed by atoms with Crippen LogP contribution >= 0.6 is 0 Å². The number of carboxylic acids is 1. The Balaban J connectivity index is 1.78. The number of carboxylic acid groups (broad SMARTS) is 1. The summed E-state index contributed by atoms with van der Waals surface area (Å²) < 4.78 is 61.4. The normalized spacial score (nSPS) is 12.7. The molecule has 1 aromatic carbocycles. The van der Waals surface area contributed by atoms with E-state index in [0.717, 1.165) is 24.1 Å². The number of aliphatic carboxylic acids is 1. The third kappa shape index (κ3) is 7.64. The van der Waals surface area contributed by atoms with Gasteiger partial charge in [0.15, 0.2) is 0 Å². The van der Waals surface area contributed by atoms with Crippen molar-refractivity contribution in [3.05, 3.63) is 60.0 Å². The van der Waals surface area contributed by atoms with Crippen LogP contribution < -0.4 is 10.6 Å². The topological polar surface area (TPSA) is 134 Å². The maximum Gasteiger partial charge on any atom is 0.433 e. The molecule has 0 radical (unpaired) electrons. The summed E-state index contributed by atoms with van der Waals surface area (Å²) in [4.78, 5) is 23.0. The molecule has 3 rings (SSSR count). The predicted octanol–water partition coefficient (Wildman–Crippen LogP) is 3.91. The Morgan fingerprint density at radius 3 is 2.46 bits per heavy atom. The molecule has 2 aromatic heterocycles. The molecule has 0 saturated carbocycles. The van der Waals surface area contributed by atoms with E-state index in [1.54, 1.807) is 24.3 Å². The number of nitrogens with zero attached hydrogens (tertiary/aromatic N) is 3.